The first-order valence-corrected chi connectivity index (χ1v) is 7.34. The van der Waals surface area contributed by atoms with E-state index >= 15 is 0 Å². The summed E-state index contributed by atoms with van der Waals surface area (Å²) in [6.45, 7) is 2.30. The number of amides is 1. The molecule has 8 heteroatoms. The van der Waals surface area contributed by atoms with Gasteiger partial charge in [0.05, 0.1) is 12.7 Å². The summed E-state index contributed by atoms with van der Waals surface area (Å²) in [6, 6.07) is 3.57. The maximum absolute atomic E-state index is 12.3. The summed E-state index contributed by atoms with van der Waals surface area (Å²) in [5.41, 5.74) is 0.0539. The molecule has 1 amide bonds. The highest BCUT2D eigenvalue weighted by Crippen LogP contribution is 2.29. The fourth-order valence-electron chi connectivity index (χ4n) is 1.66. The topological polar surface area (TPSA) is 73.9 Å². The number of esters is 1. The van der Waals surface area contributed by atoms with Crippen LogP contribution in [0.15, 0.2) is 18.2 Å². The van der Waals surface area contributed by atoms with E-state index in [2.05, 4.69) is 10.1 Å². The van der Waals surface area contributed by atoms with Crippen molar-refractivity contribution in [1.82, 2.24) is 5.32 Å². The summed E-state index contributed by atoms with van der Waals surface area (Å²) in [7, 11) is 1.25. The largest absolute Gasteiger partial charge is 0.493 e. The summed E-state index contributed by atoms with van der Waals surface area (Å²) >= 11 is 0. The maximum Gasteiger partial charge on any atom is 0.387 e. The number of hydrogen-bond acceptors (Lipinski definition) is 5. The second-order valence-corrected chi connectivity index (χ2v) is 5.42. The van der Waals surface area contributed by atoms with Crippen LogP contribution in [-0.4, -0.2) is 38.2 Å². The zero-order chi connectivity index (χ0) is 18.3. The second kappa shape index (κ2) is 9.05. The quantitative estimate of drug-likeness (QED) is 0.733. The number of alkyl halides is 2. The van der Waals surface area contributed by atoms with Crippen molar-refractivity contribution >= 4 is 11.9 Å². The predicted octanol–water partition coefficient (Wildman–Crippen LogP) is 2.61. The van der Waals surface area contributed by atoms with E-state index in [4.69, 9.17) is 9.47 Å². The van der Waals surface area contributed by atoms with Gasteiger partial charge in [0.25, 0.3) is 5.91 Å². The van der Waals surface area contributed by atoms with Crippen LogP contribution < -0.4 is 14.8 Å². The molecule has 0 aliphatic carbocycles. The van der Waals surface area contributed by atoms with Gasteiger partial charge in [-0.2, -0.15) is 8.78 Å². The lowest BCUT2D eigenvalue weighted by molar-refractivity contribution is -0.125. The van der Waals surface area contributed by atoms with Gasteiger partial charge >= 0.3 is 12.6 Å². The van der Waals surface area contributed by atoms with Crippen LogP contribution in [0, 0.1) is 5.92 Å². The van der Waals surface area contributed by atoms with E-state index in [-0.39, 0.29) is 29.0 Å². The van der Waals surface area contributed by atoms with Gasteiger partial charge in [-0.25, -0.2) is 4.79 Å². The highest BCUT2D eigenvalue weighted by atomic mass is 19.3. The molecule has 1 aromatic carbocycles. The van der Waals surface area contributed by atoms with Gasteiger partial charge in [0.15, 0.2) is 18.1 Å². The minimum Gasteiger partial charge on any atom is -0.493 e. The second-order valence-electron chi connectivity index (χ2n) is 5.42. The first-order valence-electron chi connectivity index (χ1n) is 7.34. The van der Waals surface area contributed by atoms with Gasteiger partial charge in [-0.15, -0.1) is 0 Å². The fraction of sp³-hybridized carbons (Fsp3) is 0.500. The van der Waals surface area contributed by atoms with Crippen LogP contribution in [0.2, 0.25) is 0 Å². The summed E-state index contributed by atoms with van der Waals surface area (Å²) in [5.74, 6) is -1.19. The zero-order valence-corrected chi connectivity index (χ0v) is 14.0. The van der Waals surface area contributed by atoms with Gasteiger partial charge in [0, 0.05) is 6.04 Å². The van der Waals surface area contributed by atoms with E-state index in [1.165, 1.54) is 25.3 Å². The minimum absolute atomic E-state index is 0.0392. The lowest BCUT2D eigenvalue weighted by atomic mass is 10.1. The third kappa shape index (κ3) is 6.02. The molecule has 1 aromatic rings. The standard InChI is InChI=1S/C16H21F2NO5/c1-9(2)10(3)19-14(20)8-23-15(21)11-5-6-12(24-16(17)18)13(7-11)22-4/h5-7,9-10,16H,8H2,1-4H3,(H,19,20)/t10-/m0/s1. The fourth-order valence-corrected chi connectivity index (χ4v) is 1.66. The van der Waals surface area contributed by atoms with Crippen LogP contribution >= 0.6 is 0 Å². The molecule has 0 aromatic heterocycles. The van der Waals surface area contributed by atoms with Crippen molar-refractivity contribution in [2.45, 2.75) is 33.4 Å². The number of carbonyl (C=O) groups excluding carboxylic acids is 2. The molecule has 0 spiro atoms. The van der Waals surface area contributed by atoms with E-state index in [1.807, 2.05) is 20.8 Å². The number of hydrogen-bond donors (Lipinski definition) is 1. The number of nitrogens with one attached hydrogen (secondary N) is 1. The summed E-state index contributed by atoms with van der Waals surface area (Å²) in [5, 5.41) is 2.70. The lowest BCUT2D eigenvalue weighted by Gasteiger charge is -2.17. The molecule has 6 nitrogen and oxygen atoms in total. The van der Waals surface area contributed by atoms with Crippen LogP contribution in [0.25, 0.3) is 0 Å². The average Bonchev–Trinajstić information content (AvgIpc) is 2.52. The normalized spacial score (nSPS) is 12.0. The summed E-state index contributed by atoms with van der Waals surface area (Å²) in [6.07, 6.45) is 0. The van der Waals surface area contributed by atoms with Crippen molar-refractivity contribution in [3.63, 3.8) is 0 Å². The Hall–Kier alpha value is -2.38. The van der Waals surface area contributed by atoms with Crippen molar-refractivity contribution in [1.29, 1.82) is 0 Å². The summed E-state index contributed by atoms with van der Waals surface area (Å²) < 4.78 is 38.6. The molecule has 0 saturated carbocycles. The van der Waals surface area contributed by atoms with Crippen molar-refractivity contribution in [2.75, 3.05) is 13.7 Å². The third-order valence-electron chi connectivity index (χ3n) is 3.34. The highest BCUT2D eigenvalue weighted by molar-refractivity contribution is 5.92. The monoisotopic (exact) mass is 345 g/mol. The van der Waals surface area contributed by atoms with Crippen LogP contribution in [0.1, 0.15) is 31.1 Å². The Kier molecular flexibility index (Phi) is 7.41. The SMILES string of the molecule is COc1cc(C(=O)OCC(=O)N[C@@H](C)C(C)C)ccc1OC(F)F. The molecule has 0 heterocycles. The first kappa shape index (κ1) is 19.7. The van der Waals surface area contributed by atoms with E-state index in [1.54, 1.807) is 0 Å². The van der Waals surface area contributed by atoms with Crippen LogP contribution in [0.3, 0.4) is 0 Å². The molecule has 1 N–H and O–H groups in total. The number of halogens is 2. The molecule has 1 atom stereocenters. The van der Waals surface area contributed by atoms with Crippen LogP contribution in [-0.2, 0) is 9.53 Å². The van der Waals surface area contributed by atoms with Gasteiger partial charge in [0.1, 0.15) is 0 Å². The van der Waals surface area contributed by atoms with Gasteiger partial charge in [0.2, 0.25) is 0 Å². The van der Waals surface area contributed by atoms with Crippen LogP contribution in [0.4, 0.5) is 8.78 Å². The van der Waals surface area contributed by atoms with Gasteiger partial charge in [-0.1, -0.05) is 13.8 Å². The van der Waals surface area contributed by atoms with E-state index in [9.17, 15) is 18.4 Å². The maximum atomic E-state index is 12.3. The van der Waals surface area contributed by atoms with Crippen LogP contribution in [0.5, 0.6) is 11.5 Å². The molecule has 24 heavy (non-hydrogen) atoms. The molecule has 0 aliphatic heterocycles. The van der Waals surface area contributed by atoms with Gasteiger partial charge < -0.3 is 19.5 Å². The van der Waals surface area contributed by atoms with E-state index in [0.29, 0.717) is 0 Å². The van der Waals surface area contributed by atoms with E-state index < -0.39 is 25.1 Å². The molecular formula is C16H21F2NO5. The van der Waals surface area contributed by atoms with Crippen molar-refractivity contribution in [3.8, 4) is 11.5 Å². The molecule has 0 aliphatic rings. The summed E-state index contributed by atoms with van der Waals surface area (Å²) in [4.78, 5) is 23.6. The number of benzene rings is 1. The zero-order valence-electron chi connectivity index (χ0n) is 14.0. The van der Waals surface area contributed by atoms with Gasteiger partial charge in [-0.05, 0) is 31.0 Å². The number of carbonyl (C=O) groups is 2. The lowest BCUT2D eigenvalue weighted by Crippen LogP contribution is -2.38. The van der Waals surface area contributed by atoms with E-state index in [0.717, 1.165) is 0 Å². The molecule has 0 bridgehead atoms. The Balaban J connectivity index is 2.66. The van der Waals surface area contributed by atoms with Gasteiger partial charge in [-0.3, -0.25) is 4.79 Å². The molecule has 0 unspecified atom stereocenters. The number of ether oxygens (including phenoxy) is 3. The number of methoxy groups -OCH3 is 1. The predicted molar refractivity (Wildman–Crippen MR) is 82.4 cm³/mol. The van der Waals surface area contributed by atoms with Crippen molar-refractivity contribution in [3.05, 3.63) is 23.8 Å². The molecule has 1 rings (SSSR count). The Morgan fingerprint density at radius 3 is 2.38 bits per heavy atom. The van der Waals surface area contributed by atoms with Crippen molar-refractivity contribution < 1.29 is 32.6 Å². The minimum atomic E-state index is -3.01. The Labute approximate surface area is 139 Å². The molecule has 0 fully saturated rings. The third-order valence-corrected chi connectivity index (χ3v) is 3.34. The number of rotatable bonds is 8. The average molecular weight is 345 g/mol. The van der Waals surface area contributed by atoms with Crippen molar-refractivity contribution in [2.24, 2.45) is 5.92 Å². The smallest absolute Gasteiger partial charge is 0.387 e. The Bertz CT molecular complexity index is 578. The molecule has 0 radical (unpaired) electrons. The first-order chi connectivity index (χ1) is 11.2. The molecule has 0 saturated heterocycles. The molecule has 134 valence electrons. The highest BCUT2D eigenvalue weighted by Gasteiger charge is 2.17. The Morgan fingerprint density at radius 2 is 1.83 bits per heavy atom. The molecular weight excluding hydrogens is 324 g/mol. The Morgan fingerprint density at radius 1 is 1.17 bits per heavy atom.